The molecule has 1 saturated carbocycles. The van der Waals surface area contributed by atoms with E-state index in [1.807, 2.05) is 13.8 Å². The molecule has 1 fully saturated rings. The molecule has 0 aromatic rings. The summed E-state index contributed by atoms with van der Waals surface area (Å²) in [6.45, 7) is 7.00. The number of hydrogen-bond donors (Lipinski definition) is 2. The Labute approximate surface area is 88.1 Å². The van der Waals surface area contributed by atoms with Crippen LogP contribution in [0.5, 0.6) is 0 Å². The maximum Gasteiger partial charge on any atom is 0.0741 e. The summed E-state index contributed by atoms with van der Waals surface area (Å²) in [6.07, 6.45) is 6.10. The lowest BCUT2D eigenvalue weighted by atomic mass is 9.86. The Morgan fingerprint density at radius 3 is 2.71 bits per heavy atom. The van der Waals surface area contributed by atoms with E-state index in [0.29, 0.717) is 6.04 Å². The van der Waals surface area contributed by atoms with Gasteiger partial charge in [0.2, 0.25) is 0 Å². The van der Waals surface area contributed by atoms with Crippen LogP contribution in [0.4, 0.5) is 0 Å². The quantitative estimate of drug-likeness (QED) is 0.728. The Balaban J connectivity index is 2.23. The van der Waals surface area contributed by atoms with E-state index in [4.69, 9.17) is 0 Å². The lowest BCUT2D eigenvalue weighted by Gasteiger charge is -2.31. The molecule has 2 N–H and O–H groups in total. The van der Waals surface area contributed by atoms with E-state index >= 15 is 0 Å². The van der Waals surface area contributed by atoms with E-state index in [9.17, 15) is 5.11 Å². The van der Waals surface area contributed by atoms with Gasteiger partial charge in [0.15, 0.2) is 0 Å². The normalized spacial score (nSPS) is 32.6. The third kappa shape index (κ3) is 3.97. The molecule has 1 aliphatic carbocycles. The first-order valence-corrected chi connectivity index (χ1v) is 5.99. The first-order valence-electron chi connectivity index (χ1n) is 5.99. The lowest BCUT2D eigenvalue weighted by Crippen LogP contribution is -2.43. The van der Waals surface area contributed by atoms with E-state index in [1.54, 1.807) is 0 Å². The molecule has 0 radical (unpaired) electrons. The molecule has 2 nitrogen and oxygen atoms in total. The van der Waals surface area contributed by atoms with Gasteiger partial charge in [0.05, 0.1) is 5.60 Å². The Kier molecular flexibility index (Phi) is 4.39. The molecule has 1 rings (SSSR count). The molecule has 0 saturated heterocycles. The Bertz CT molecular complexity index is 168. The first-order chi connectivity index (χ1) is 6.53. The van der Waals surface area contributed by atoms with E-state index in [-0.39, 0.29) is 0 Å². The summed E-state index contributed by atoms with van der Waals surface area (Å²) in [5.74, 6) is 0.854. The van der Waals surface area contributed by atoms with Gasteiger partial charge in [-0.15, -0.1) is 0 Å². The summed E-state index contributed by atoms with van der Waals surface area (Å²) < 4.78 is 0. The van der Waals surface area contributed by atoms with Gasteiger partial charge in [0, 0.05) is 12.6 Å². The zero-order chi connectivity index (χ0) is 10.6. The SMILES string of the molecule is CCC(C)(O)CNC1CCCC(C)C1. The lowest BCUT2D eigenvalue weighted by molar-refractivity contribution is 0.0503. The highest BCUT2D eigenvalue weighted by Crippen LogP contribution is 2.23. The molecular weight excluding hydrogens is 174 g/mol. The van der Waals surface area contributed by atoms with Crippen LogP contribution in [0.2, 0.25) is 0 Å². The Hall–Kier alpha value is -0.0800. The monoisotopic (exact) mass is 199 g/mol. The average Bonchev–Trinajstić information content (AvgIpc) is 2.15. The van der Waals surface area contributed by atoms with Gasteiger partial charge < -0.3 is 10.4 Å². The molecule has 2 heteroatoms. The fraction of sp³-hybridized carbons (Fsp3) is 1.00. The smallest absolute Gasteiger partial charge is 0.0741 e. The van der Waals surface area contributed by atoms with Crippen LogP contribution in [-0.2, 0) is 0 Å². The summed E-state index contributed by atoms with van der Waals surface area (Å²) in [6, 6.07) is 0.636. The Morgan fingerprint density at radius 1 is 1.43 bits per heavy atom. The molecule has 1 aliphatic rings. The minimum Gasteiger partial charge on any atom is -0.389 e. The first kappa shape index (κ1) is 12.0. The van der Waals surface area contributed by atoms with Gasteiger partial charge in [-0.25, -0.2) is 0 Å². The van der Waals surface area contributed by atoms with Crippen LogP contribution in [0.3, 0.4) is 0 Å². The molecule has 84 valence electrons. The van der Waals surface area contributed by atoms with Crippen LogP contribution in [0.1, 0.15) is 52.9 Å². The van der Waals surface area contributed by atoms with Gasteiger partial charge in [-0.05, 0) is 32.1 Å². The van der Waals surface area contributed by atoms with Crippen LogP contribution >= 0.6 is 0 Å². The highest BCUT2D eigenvalue weighted by Gasteiger charge is 2.22. The van der Waals surface area contributed by atoms with Gasteiger partial charge in [-0.3, -0.25) is 0 Å². The maximum absolute atomic E-state index is 9.86. The zero-order valence-electron chi connectivity index (χ0n) is 9.84. The summed E-state index contributed by atoms with van der Waals surface area (Å²) >= 11 is 0. The molecule has 14 heavy (non-hydrogen) atoms. The van der Waals surface area contributed by atoms with Crippen molar-refractivity contribution in [1.29, 1.82) is 0 Å². The highest BCUT2D eigenvalue weighted by molar-refractivity contribution is 4.80. The molecule has 0 amide bonds. The van der Waals surface area contributed by atoms with Crippen LogP contribution in [0.15, 0.2) is 0 Å². The van der Waals surface area contributed by atoms with Crippen molar-refractivity contribution >= 4 is 0 Å². The summed E-state index contributed by atoms with van der Waals surface area (Å²) in [4.78, 5) is 0. The Morgan fingerprint density at radius 2 is 2.14 bits per heavy atom. The predicted molar refractivity (Wildman–Crippen MR) is 60.3 cm³/mol. The van der Waals surface area contributed by atoms with Crippen LogP contribution in [-0.4, -0.2) is 23.3 Å². The standard InChI is InChI=1S/C12H25NO/c1-4-12(3,14)9-13-11-7-5-6-10(2)8-11/h10-11,13-14H,4-9H2,1-3H3. The topological polar surface area (TPSA) is 32.3 Å². The van der Waals surface area contributed by atoms with Crippen molar-refractivity contribution in [1.82, 2.24) is 5.32 Å². The molecule has 0 aromatic heterocycles. The predicted octanol–water partition coefficient (Wildman–Crippen LogP) is 2.32. The zero-order valence-corrected chi connectivity index (χ0v) is 9.84. The second-order valence-corrected chi connectivity index (χ2v) is 5.20. The van der Waals surface area contributed by atoms with Crippen molar-refractivity contribution in [2.45, 2.75) is 64.5 Å². The van der Waals surface area contributed by atoms with Crippen LogP contribution in [0, 0.1) is 5.92 Å². The molecule has 0 aromatic carbocycles. The van der Waals surface area contributed by atoms with Gasteiger partial charge in [0.1, 0.15) is 0 Å². The molecule has 0 bridgehead atoms. The minimum atomic E-state index is -0.527. The van der Waals surface area contributed by atoms with Gasteiger partial charge in [-0.1, -0.05) is 26.7 Å². The third-order valence-corrected chi connectivity index (χ3v) is 3.47. The minimum absolute atomic E-state index is 0.527. The molecule has 0 heterocycles. The van der Waals surface area contributed by atoms with Crippen molar-refractivity contribution in [2.24, 2.45) is 5.92 Å². The molecule has 3 unspecified atom stereocenters. The largest absolute Gasteiger partial charge is 0.389 e. The molecule has 0 spiro atoms. The molecule has 0 aliphatic heterocycles. The second-order valence-electron chi connectivity index (χ2n) is 5.20. The van der Waals surface area contributed by atoms with E-state index < -0.39 is 5.60 Å². The molecule has 3 atom stereocenters. The van der Waals surface area contributed by atoms with E-state index in [1.165, 1.54) is 25.7 Å². The number of hydrogen-bond acceptors (Lipinski definition) is 2. The van der Waals surface area contributed by atoms with Crippen molar-refractivity contribution in [2.75, 3.05) is 6.54 Å². The van der Waals surface area contributed by atoms with Gasteiger partial charge >= 0.3 is 0 Å². The van der Waals surface area contributed by atoms with Gasteiger partial charge in [0.25, 0.3) is 0 Å². The van der Waals surface area contributed by atoms with Crippen LogP contribution in [0.25, 0.3) is 0 Å². The fourth-order valence-corrected chi connectivity index (χ4v) is 2.11. The summed E-state index contributed by atoms with van der Waals surface area (Å²) in [7, 11) is 0. The maximum atomic E-state index is 9.86. The molecular formula is C12H25NO. The van der Waals surface area contributed by atoms with Crippen LogP contribution < -0.4 is 5.32 Å². The second kappa shape index (κ2) is 5.13. The number of aliphatic hydroxyl groups is 1. The highest BCUT2D eigenvalue weighted by atomic mass is 16.3. The van der Waals surface area contributed by atoms with Crippen molar-refractivity contribution in [3.8, 4) is 0 Å². The fourth-order valence-electron chi connectivity index (χ4n) is 2.11. The number of nitrogens with one attached hydrogen (secondary N) is 1. The number of rotatable bonds is 4. The van der Waals surface area contributed by atoms with Crippen molar-refractivity contribution in [3.63, 3.8) is 0 Å². The summed E-state index contributed by atoms with van der Waals surface area (Å²) in [5, 5.41) is 13.4. The van der Waals surface area contributed by atoms with Gasteiger partial charge in [-0.2, -0.15) is 0 Å². The van der Waals surface area contributed by atoms with Crippen molar-refractivity contribution in [3.05, 3.63) is 0 Å². The summed E-state index contributed by atoms with van der Waals surface area (Å²) in [5.41, 5.74) is -0.527. The average molecular weight is 199 g/mol. The van der Waals surface area contributed by atoms with E-state index in [0.717, 1.165) is 18.9 Å². The van der Waals surface area contributed by atoms with Crippen molar-refractivity contribution < 1.29 is 5.11 Å². The van der Waals surface area contributed by atoms with E-state index in [2.05, 4.69) is 12.2 Å². The third-order valence-electron chi connectivity index (χ3n) is 3.47.